The van der Waals surface area contributed by atoms with E-state index in [9.17, 15) is 4.79 Å². The minimum absolute atomic E-state index is 0.0596. The molecule has 112 valence electrons. The lowest BCUT2D eigenvalue weighted by Crippen LogP contribution is -2.34. The van der Waals surface area contributed by atoms with E-state index in [1.54, 1.807) is 0 Å². The monoisotopic (exact) mass is 296 g/mol. The molecule has 2 rings (SSSR count). The van der Waals surface area contributed by atoms with Gasteiger partial charge in [-0.05, 0) is 45.7 Å². The first kappa shape index (κ1) is 15.3. The van der Waals surface area contributed by atoms with Crippen LogP contribution < -0.4 is 10.6 Å². The summed E-state index contributed by atoms with van der Waals surface area (Å²) < 4.78 is 0. The van der Waals surface area contributed by atoms with Crippen molar-refractivity contribution in [1.29, 1.82) is 0 Å². The molecule has 1 aliphatic heterocycles. The summed E-state index contributed by atoms with van der Waals surface area (Å²) in [6.45, 7) is 7.65. The number of H-pyrrole nitrogens is 1. The van der Waals surface area contributed by atoms with E-state index in [-0.39, 0.29) is 10.9 Å². The van der Waals surface area contributed by atoms with E-state index >= 15 is 0 Å². The summed E-state index contributed by atoms with van der Waals surface area (Å²) in [6, 6.07) is 0.584. The fraction of sp³-hybridized carbons (Fsp3) is 0.714. The molecule has 0 saturated heterocycles. The van der Waals surface area contributed by atoms with Gasteiger partial charge in [-0.2, -0.15) is 5.10 Å². The molecule has 0 fully saturated rings. The topological polar surface area (TPSA) is 75.0 Å². The Bertz CT molecular complexity index is 519. The van der Waals surface area contributed by atoms with Gasteiger partial charge in [0.25, 0.3) is 0 Å². The van der Waals surface area contributed by atoms with Gasteiger partial charge in [-0.1, -0.05) is 16.9 Å². The van der Waals surface area contributed by atoms with E-state index in [1.165, 1.54) is 5.57 Å². The Morgan fingerprint density at radius 1 is 1.60 bits per heavy atom. The van der Waals surface area contributed by atoms with Crippen molar-refractivity contribution >= 4 is 11.3 Å². The number of nitrogens with one attached hydrogen (secondary N) is 1. The summed E-state index contributed by atoms with van der Waals surface area (Å²) in [4.78, 5) is 13.4. The van der Waals surface area contributed by atoms with E-state index in [0.717, 1.165) is 35.7 Å². The van der Waals surface area contributed by atoms with Gasteiger partial charge in [0.15, 0.2) is 0 Å². The largest absolute Gasteiger partial charge is 0.375 e. The van der Waals surface area contributed by atoms with Gasteiger partial charge in [-0.15, -0.1) is 0 Å². The lowest BCUT2D eigenvalue weighted by molar-refractivity contribution is 0.281. The van der Waals surface area contributed by atoms with Crippen LogP contribution in [0.3, 0.4) is 0 Å². The Morgan fingerprint density at radius 2 is 2.35 bits per heavy atom. The third-order valence-corrected chi connectivity index (χ3v) is 4.66. The van der Waals surface area contributed by atoms with E-state index in [0.29, 0.717) is 18.4 Å². The highest BCUT2D eigenvalue weighted by Crippen LogP contribution is 2.25. The van der Waals surface area contributed by atoms with Crippen LogP contribution in [0.1, 0.15) is 38.6 Å². The summed E-state index contributed by atoms with van der Waals surface area (Å²) in [6.07, 6.45) is 5.07. The molecule has 1 aliphatic rings. The predicted molar refractivity (Wildman–Crippen MR) is 82.7 cm³/mol. The molecule has 1 aromatic rings. The fourth-order valence-corrected chi connectivity index (χ4v) is 3.39. The summed E-state index contributed by atoms with van der Waals surface area (Å²) in [5, 5.41) is 7.28. The molecule has 0 amide bonds. The Kier molecular flexibility index (Phi) is 4.99. The maximum Gasteiger partial charge on any atom is 0.322 e. The molecule has 2 heterocycles. The fourth-order valence-electron chi connectivity index (χ4n) is 2.72. The van der Waals surface area contributed by atoms with Crippen molar-refractivity contribution in [2.45, 2.75) is 52.1 Å². The molecular formula is C14H24N4OS. The number of nitrogens with two attached hydrogens (primary N) is 1. The van der Waals surface area contributed by atoms with Crippen LogP contribution in [0.2, 0.25) is 0 Å². The van der Waals surface area contributed by atoms with Gasteiger partial charge in [-0.25, -0.2) is 5.10 Å². The van der Waals surface area contributed by atoms with Gasteiger partial charge in [-0.3, -0.25) is 4.79 Å². The summed E-state index contributed by atoms with van der Waals surface area (Å²) in [7, 11) is 0. The number of aromatic amines is 1. The van der Waals surface area contributed by atoms with Gasteiger partial charge < -0.3 is 10.6 Å². The van der Waals surface area contributed by atoms with Gasteiger partial charge in [0.1, 0.15) is 5.01 Å². The van der Waals surface area contributed by atoms with Crippen LogP contribution in [0.15, 0.2) is 16.6 Å². The lowest BCUT2D eigenvalue weighted by Gasteiger charge is -2.26. The third-order valence-electron chi connectivity index (χ3n) is 3.89. The van der Waals surface area contributed by atoms with Crippen molar-refractivity contribution in [2.75, 3.05) is 6.54 Å². The highest BCUT2D eigenvalue weighted by atomic mass is 32.1. The van der Waals surface area contributed by atoms with Gasteiger partial charge in [0.05, 0.1) is 0 Å². The average molecular weight is 296 g/mol. The number of hydrogen-bond donors (Lipinski definition) is 2. The second kappa shape index (κ2) is 6.54. The molecule has 3 N–H and O–H groups in total. The molecule has 0 bridgehead atoms. The molecular weight excluding hydrogens is 272 g/mol. The number of hydrogen-bond acceptors (Lipinski definition) is 5. The molecule has 20 heavy (non-hydrogen) atoms. The minimum Gasteiger partial charge on any atom is -0.375 e. The maximum atomic E-state index is 11.1. The van der Waals surface area contributed by atoms with Gasteiger partial charge in [0, 0.05) is 25.0 Å². The van der Waals surface area contributed by atoms with E-state index in [1.807, 2.05) is 0 Å². The quantitative estimate of drug-likeness (QED) is 0.887. The Morgan fingerprint density at radius 3 is 2.95 bits per heavy atom. The van der Waals surface area contributed by atoms with Crippen LogP contribution in [0.4, 0.5) is 0 Å². The number of aromatic nitrogens is 2. The molecule has 1 aromatic heterocycles. The SMILES string of the molecule is CC1=CN(C(C)C)CCC(C(N)Cc2n[nH]c(=O)s2)C1. The number of nitrogens with zero attached hydrogens (tertiary/aromatic N) is 2. The van der Waals surface area contributed by atoms with Crippen LogP contribution >= 0.6 is 11.3 Å². The first-order valence-corrected chi connectivity index (χ1v) is 8.00. The van der Waals surface area contributed by atoms with Crippen LogP contribution in [-0.4, -0.2) is 33.7 Å². The van der Waals surface area contributed by atoms with E-state index in [4.69, 9.17) is 5.73 Å². The van der Waals surface area contributed by atoms with Gasteiger partial charge in [0.2, 0.25) is 0 Å². The Balaban J connectivity index is 1.99. The molecule has 2 unspecified atom stereocenters. The Labute approximate surface area is 123 Å². The molecule has 2 atom stereocenters. The van der Waals surface area contributed by atoms with Crippen molar-refractivity contribution in [3.8, 4) is 0 Å². The third kappa shape index (κ3) is 3.93. The molecule has 5 nitrogen and oxygen atoms in total. The van der Waals surface area contributed by atoms with E-state index in [2.05, 4.69) is 42.1 Å². The zero-order chi connectivity index (χ0) is 14.7. The summed E-state index contributed by atoms with van der Waals surface area (Å²) in [5.74, 6) is 0.453. The molecule has 0 aromatic carbocycles. The number of allylic oxidation sites excluding steroid dienone is 1. The second-order valence-corrected chi connectivity index (χ2v) is 6.98. The minimum atomic E-state index is -0.102. The molecule has 0 radical (unpaired) electrons. The van der Waals surface area contributed by atoms with Crippen LogP contribution in [0.5, 0.6) is 0 Å². The van der Waals surface area contributed by atoms with Crippen molar-refractivity contribution in [1.82, 2.24) is 15.1 Å². The highest BCUT2D eigenvalue weighted by molar-refractivity contribution is 7.08. The normalized spacial score (nSPS) is 21.8. The zero-order valence-electron chi connectivity index (χ0n) is 12.4. The molecule has 0 aliphatic carbocycles. The standard InChI is InChI=1S/C14H24N4OS/c1-9(2)18-5-4-11(6-10(3)8-18)12(15)7-13-16-17-14(19)20-13/h8-9,11-12H,4-7,15H2,1-3H3,(H,17,19). The van der Waals surface area contributed by atoms with Crippen molar-refractivity contribution in [2.24, 2.45) is 11.7 Å². The Hall–Kier alpha value is -1.14. The predicted octanol–water partition coefficient (Wildman–Crippen LogP) is 1.73. The second-order valence-electron chi connectivity index (χ2n) is 5.93. The first-order chi connectivity index (χ1) is 9.45. The highest BCUT2D eigenvalue weighted by Gasteiger charge is 2.23. The molecule has 0 saturated carbocycles. The molecule has 0 spiro atoms. The van der Waals surface area contributed by atoms with Crippen LogP contribution in [0.25, 0.3) is 0 Å². The number of rotatable bonds is 4. The zero-order valence-corrected chi connectivity index (χ0v) is 13.2. The smallest absolute Gasteiger partial charge is 0.322 e. The van der Waals surface area contributed by atoms with Crippen LogP contribution in [-0.2, 0) is 6.42 Å². The van der Waals surface area contributed by atoms with Crippen molar-refractivity contribution < 1.29 is 0 Å². The van der Waals surface area contributed by atoms with Gasteiger partial charge >= 0.3 is 4.87 Å². The lowest BCUT2D eigenvalue weighted by atomic mass is 9.89. The summed E-state index contributed by atoms with van der Waals surface area (Å²) in [5.41, 5.74) is 7.73. The summed E-state index contributed by atoms with van der Waals surface area (Å²) >= 11 is 1.16. The average Bonchev–Trinajstić information content (AvgIpc) is 2.66. The van der Waals surface area contributed by atoms with Crippen molar-refractivity contribution in [3.05, 3.63) is 26.4 Å². The first-order valence-electron chi connectivity index (χ1n) is 7.18. The van der Waals surface area contributed by atoms with Crippen LogP contribution in [0, 0.1) is 5.92 Å². The van der Waals surface area contributed by atoms with E-state index < -0.39 is 0 Å². The van der Waals surface area contributed by atoms with Crippen molar-refractivity contribution in [3.63, 3.8) is 0 Å². The molecule has 6 heteroatoms. The maximum absolute atomic E-state index is 11.1.